The Labute approximate surface area is 148 Å². The van der Waals surface area contributed by atoms with E-state index in [1.165, 1.54) is 6.07 Å². The Balaban J connectivity index is 2.15. The number of carboxylic acids is 1. The molecule has 128 valence electrons. The molecule has 0 saturated heterocycles. The van der Waals surface area contributed by atoms with E-state index in [4.69, 9.17) is 16.7 Å². The third-order valence-corrected chi connectivity index (χ3v) is 4.08. The number of carbonyl (C=O) groups is 2. The number of aliphatic imine (C=N–C) groups is 1. The largest absolute Gasteiger partial charge is 0.481 e. The molecule has 2 N–H and O–H groups in total. The van der Waals surface area contributed by atoms with Gasteiger partial charge in [-0.3, -0.25) is 14.6 Å². The molecule has 0 saturated carbocycles. The molecule has 5 nitrogen and oxygen atoms in total. The molecule has 1 amide bonds. The minimum atomic E-state index is -1.03. The molecule has 0 aliphatic carbocycles. The molecule has 3 rings (SSSR count). The average Bonchev–Trinajstić information content (AvgIpc) is 2.70. The lowest BCUT2D eigenvalue weighted by molar-refractivity contribution is -0.137. The number of nitrogens with one attached hydrogen (secondary N) is 1. The fourth-order valence-electron chi connectivity index (χ4n) is 2.65. The zero-order valence-corrected chi connectivity index (χ0v) is 13.8. The van der Waals surface area contributed by atoms with Crippen LogP contribution in [0.4, 0.5) is 10.1 Å². The highest BCUT2D eigenvalue weighted by Crippen LogP contribution is 2.28. The van der Waals surface area contributed by atoms with Crippen LogP contribution in [0.15, 0.2) is 47.5 Å². The molecule has 1 heterocycles. The first-order valence-electron chi connectivity index (χ1n) is 7.61. The van der Waals surface area contributed by atoms with E-state index in [9.17, 15) is 14.0 Å². The van der Waals surface area contributed by atoms with Crippen molar-refractivity contribution >= 4 is 34.9 Å². The number of hydrogen-bond donors (Lipinski definition) is 2. The molecule has 25 heavy (non-hydrogen) atoms. The lowest BCUT2D eigenvalue weighted by Crippen LogP contribution is -2.26. The van der Waals surface area contributed by atoms with Crippen LogP contribution in [0.1, 0.15) is 24.0 Å². The number of rotatable bonds is 4. The van der Waals surface area contributed by atoms with Gasteiger partial charge in [0.15, 0.2) is 0 Å². The van der Waals surface area contributed by atoms with Crippen molar-refractivity contribution in [2.45, 2.75) is 18.9 Å². The summed E-state index contributed by atoms with van der Waals surface area (Å²) < 4.78 is 14.3. The van der Waals surface area contributed by atoms with Crippen LogP contribution in [0.5, 0.6) is 0 Å². The summed E-state index contributed by atoms with van der Waals surface area (Å²) >= 11 is 6.06. The summed E-state index contributed by atoms with van der Waals surface area (Å²) in [6.07, 6.45) is -0.204. The lowest BCUT2D eigenvalue weighted by atomic mass is 10.00. The van der Waals surface area contributed by atoms with Crippen LogP contribution in [0, 0.1) is 5.82 Å². The lowest BCUT2D eigenvalue weighted by Gasteiger charge is -2.11. The summed E-state index contributed by atoms with van der Waals surface area (Å²) in [5.41, 5.74) is 1.44. The van der Waals surface area contributed by atoms with Gasteiger partial charge in [0, 0.05) is 22.6 Å². The fraction of sp³-hybridized carbons (Fsp3) is 0.167. The highest BCUT2D eigenvalue weighted by Gasteiger charge is 2.27. The molecular weight excluding hydrogens is 347 g/mol. The predicted octanol–water partition coefficient (Wildman–Crippen LogP) is 3.50. The van der Waals surface area contributed by atoms with E-state index >= 15 is 0 Å². The van der Waals surface area contributed by atoms with Gasteiger partial charge in [-0.05, 0) is 36.8 Å². The molecule has 0 bridgehead atoms. The molecule has 0 radical (unpaired) electrons. The molecule has 1 aliphatic heterocycles. The average molecular weight is 361 g/mol. The Morgan fingerprint density at radius 2 is 2.00 bits per heavy atom. The number of hydrogen-bond acceptors (Lipinski definition) is 3. The quantitative estimate of drug-likeness (QED) is 0.875. The topological polar surface area (TPSA) is 78.8 Å². The van der Waals surface area contributed by atoms with Gasteiger partial charge in [-0.1, -0.05) is 23.7 Å². The highest BCUT2D eigenvalue weighted by atomic mass is 35.5. The molecular formula is C18H14ClFN2O3. The molecule has 1 aliphatic rings. The first-order valence-corrected chi connectivity index (χ1v) is 7.99. The Morgan fingerprint density at radius 1 is 1.24 bits per heavy atom. The first kappa shape index (κ1) is 17.1. The summed E-state index contributed by atoms with van der Waals surface area (Å²) in [7, 11) is 0. The van der Waals surface area contributed by atoms with E-state index in [0.29, 0.717) is 16.3 Å². The summed E-state index contributed by atoms with van der Waals surface area (Å²) in [4.78, 5) is 27.6. The first-order chi connectivity index (χ1) is 12.0. The third kappa shape index (κ3) is 3.69. The van der Waals surface area contributed by atoms with Gasteiger partial charge in [-0.15, -0.1) is 0 Å². The van der Waals surface area contributed by atoms with E-state index < -0.39 is 23.7 Å². The maximum atomic E-state index is 14.3. The minimum Gasteiger partial charge on any atom is -0.481 e. The third-order valence-electron chi connectivity index (χ3n) is 3.84. The van der Waals surface area contributed by atoms with Gasteiger partial charge in [-0.2, -0.15) is 0 Å². The second-order valence-electron chi connectivity index (χ2n) is 5.58. The molecule has 7 heteroatoms. The smallest absolute Gasteiger partial charge is 0.303 e. The molecule has 1 atom stereocenters. The van der Waals surface area contributed by atoms with Crippen molar-refractivity contribution in [3.8, 4) is 0 Å². The van der Waals surface area contributed by atoms with Gasteiger partial charge >= 0.3 is 5.97 Å². The van der Waals surface area contributed by atoms with Crippen LogP contribution >= 0.6 is 11.6 Å². The van der Waals surface area contributed by atoms with Crippen LogP contribution < -0.4 is 5.32 Å². The number of nitrogens with zero attached hydrogens (tertiary/aromatic N) is 1. The number of fused-ring (bicyclic) bond motifs is 1. The summed E-state index contributed by atoms with van der Waals surface area (Å²) in [6.45, 7) is 0. The molecule has 2 aromatic rings. The van der Waals surface area contributed by atoms with Crippen molar-refractivity contribution in [1.29, 1.82) is 0 Å². The molecule has 0 fully saturated rings. The SMILES string of the molecule is O=C(O)CCC1N=C(c2ccccc2F)c2cc(Cl)ccc2NC1=O. The van der Waals surface area contributed by atoms with Crippen LogP contribution in [-0.2, 0) is 9.59 Å². The van der Waals surface area contributed by atoms with Crippen molar-refractivity contribution in [2.24, 2.45) is 4.99 Å². The Bertz CT molecular complexity index is 882. The number of benzodiazepines with no additional fused rings is 1. The predicted molar refractivity (Wildman–Crippen MR) is 92.8 cm³/mol. The summed E-state index contributed by atoms with van der Waals surface area (Å²) in [5.74, 6) is -1.95. The zero-order chi connectivity index (χ0) is 18.0. The number of aliphatic carboxylic acids is 1. The van der Waals surface area contributed by atoms with Gasteiger partial charge in [0.1, 0.15) is 11.9 Å². The standard InChI is InChI=1S/C18H14ClFN2O3/c19-10-5-6-14-12(9-10)17(11-3-1-2-4-13(11)20)21-15(18(25)22-14)7-8-16(23)24/h1-6,9,15H,7-8H2,(H,22,25)(H,23,24). The zero-order valence-electron chi connectivity index (χ0n) is 13.0. The molecule has 1 unspecified atom stereocenters. The van der Waals surface area contributed by atoms with Crippen LogP contribution in [-0.4, -0.2) is 28.7 Å². The van der Waals surface area contributed by atoms with Crippen LogP contribution in [0.3, 0.4) is 0 Å². The summed E-state index contributed by atoms with van der Waals surface area (Å²) in [6, 6.07) is 9.97. The Morgan fingerprint density at radius 3 is 2.72 bits per heavy atom. The highest BCUT2D eigenvalue weighted by molar-refractivity contribution is 6.32. The molecule has 2 aromatic carbocycles. The van der Waals surface area contributed by atoms with Gasteiger partial charge < -0.3 is 10.4 Å². The number of amides is 1. The Hall–Kier alpha value is -2.73. The number of carbonyl (C=O) groups excluding carboxylic acids is 1. The maximum Gasteiger partial charge on any atom is 0.303 e. The van der Waals surface area contributed by atoms with Gasteiger partial charge in [0.25, 0.3) is 0 Å². The monoisotopic (exact) mass is 360 g/mol. The van der Waals surface area contributed by atoms with Crippen molar-refractivity contribution in [1.82, 2.24) is 0 Å². The number of carboxylic acid groups (broad SMARTS) is 1. The minimum absolute atomic E-state index is 0.0147. The van der Waals surface area contributed by atoms with Gasteiger partial charge in [0.05, 0.1) is 11.4 Å². The van der Waals surface area contributed by atoms with E-state index in [0.717, 1.165) is 0 Å². The van der Waals surface area contributed by atoms with Gasteiger partial charge in [0.2, 0.25) is 5.91 Å². The molecule has 0 aromatic heterocycles. The Kier molecular flexibility index (Phi) is 4.81. The molecule has 0 spiro atoms. The van der Waals surface area contributed by atoms with Crippen molar-refractivity contribution in [2.75, 3.05) is 5.32 Å². The van der Waals surface area contributed by atoms with Crippen LogP contribution in [0.25, 0.3) is 0 Å². The van der Waals surface area contributed by atoms with Crippen LogP contribution in [0.2, 0.25) is 5.02 Å². The number of halogens is 2. The number of anilines is 1. The summed E-state index contributed by atoms with van der Waals surface area (Å²) in [5, 5.41) is 12.0. The second-order valence-corrected chi connectivity index (χ2v) is 6.02. The second kappa shape index (κ2) is 7.03. The van der Waals surface area contributed by atoms with E-state index in [-0.39, 0.29) is 24.1 Å². The van der Waals surface area contributed by atoms with E-state index in [2.05, 4.69) is 10.3 Å². The van der Waals surface area contributed by atoms with E-state index in [1.54, 1.807) is 36.4 Å². The maximum absolute atomic E-state index is 14.3. The van der Waals surface area contributed by atoms with Crippen molar-refractivity contribution < 1.29 is 19.1 Å². The van der Waals surface area contributed by atoms with E-state index in [1.807, 2.05) is 0 Å². The van der Waals surface area contributed by atoms with Crippen molar-refractivity contribution in [3.05, 3.63) is 64.4 Å². The number of benzene rings is 2. The fourth-order valence-corrected chi connectivity index (χ4v) is 2.82. The normalized spacial score (nSPS) is 16.5. The van der Waals surface area contributed by atoms with Gasteiger partial charge in [-0.25, -0.2) is 4.39 Å². The van der Waals surface area contributed by atoms with Crippen molar-refractivity contribution in [3.63, 3.8) is 0 Å².